The maximum absolute atomic E-state index is 3.51. The summed E-state index contributed by atoms with van der Waals surface area (Å²) in [4.78, 5) is 0. The fourth-order valence-electron chi connectivity index (χ4n) is 0. The number of hydrogen-bond acceptors (Lipinski definition) is 0. The fraction of sp³-hybridized carbons (Fsp3) is 0.333. The predicted octanol–water partition coefficient (Wildman–Crippen LogP) is 1.25. The average molecular weight is 107 g/mol. The van der Waals surface area contributed by atoms with Crippen LogP contribution in [0.5, 0.6) is 0 Å². The molecule has 0 saturated carbocycles. The zero-order chi connectivity index (χ0) is 3.41. The van der Waals surface area contributed by atoms with Crippen LogP contribution in [-0.4, -0.2) is 0 Å². The molecule has 20 valence electrons. The molecule has 0 rings (SSSR count). The van der Waals surface area contributed by atoms with E-state index >= 15 is 0 Å². The molecule has 0 aromatic rings. The van der Waals surface area contributed by atoms with Gasteiger partial charge < -0.3 is 1.43 Å². The monoisotopic (exact) mass is 106 g/mol. The second-order valence-electron chi connectivity index (χ2n) is 0.577. The molecular formula is C3H6Zn. The summed E-state index contributed by atoms with van der Waals surface area (Å²) in [7, 11) is 0. The SMILES string of the molecule is C=C[CH2][Zn+].[H-]. The van der Waals surface area contributed by atoms with E-state index in [1.165, 1.54) is 23.3 Å². The van der Waals surface area contributed by atoms with Gasteiger partial charge in [0.2, 0.25) is 0 Å². The van der Waals surface area contributed by atoms with Crippen molar-refractivity contribution in [2.24, 2.45) is 0 Å². The third-order valence-corrected chi connectivity index (χ3v) is 1.06. The van der Waals surface area contributed by atoms with Crippen LogP contribution < -0.4 is 0 Å². The van der Waals surface area contributed by atoms with Crippen molar-refractivity contribution in [1.82, 2.24) is 0 Å². The molecule has 1 heteroatoms. The van der Waals surface area contributed by atoms with Crippen LogP contribution in [0.1, 0.15) is 1.43 Å². The Morgan fingerprint density at radius 1 is 2.25 bits per heavy atom. The van der Waals surface area contributed by atoms with Crippen LogP contribution in [0.3, 0.4) is 0 Å². The van der Waals surface area contributed by atoms with E-state index in [9.17, 15) is 0 Å². The molecule has 0 spiro atoms. The third kappa shape index (κ3) is 2.36. The Bertz CT molecular complexity index is 20.9. The zero-order valence-electron chi connectivity index (χ0n) is 3.70. The van der Waals surface area contributed by atoms with Crippen molar-refractivity contribution in [2.75, 3.05) is 0 Å². The quantitative estimate of drug-likeness (QED) is 0.349. The van der Waals surface area contributed by atoms with Crippen molar-refractivity contribution in [1.29, 1.82) is 0 Å². The summed E-state index contributed by atoms with van der Waals surface area (Å²) in [5, 5.41) is 1.21. The summed E-state index contributed by atoms with van der Waals surface area (Å²) < 4.78 is 0. The number of hydrogen-bond donors (Lipinski definition) is 0. The van der Waals surface area contributed by atoms with Crippen LogP contribution in [0.4, 0.5) is 0 Å². The normalized spacial score (nSPS) is 6.50. The summed E-state index contributed by atoms with van der Waals surface area (Å²) in [6.07, 6.45) is 1.93. The van der Waals surface area contributed by atoms with Gasteiger partial charge in [-0.05, 0) is 0 Å². The van der Waals surface area contributed by atoms with Gasteiger partial charge in [-0.15, -0.1) is 0 Å². The van der Waals surface area contributed by atoms with Gasteiger partial charge in [-0.1, -0.05) is 0 Å². The summed E-state index contributed by atoms with van der Waals surface area (Å²) >= 11 is 1.35. The molecule has 0 aliphatic carbocycles. The molecule has 0 aliphatic rings. The van der Waals surface area contributed by atoms with E-state index in [2.05, 4.69) is 6.58 Å². The van der Waals surface area contributed by atoms with Crippen LogP contribution in [-0.2, 0) is 18.3 Å². The van der Waals surface area contributed by atoms with Crippen LogP contribution >= 0.6 is 0 Å². The molecule has 0 amide bonds. The van der Waals surface area contributed by atoms with Gasteiger partial charge in [-0.3, -0.25) is 0 Å². The van der Waals surface area contributed by atoms with Gasteiger partial charge >= 0.3 is 36.0 Å². The third-order valence-electron chi connectivity index (χ3n) is 0.204. The van der Waals surface area contributed by atoms with E-state index < -0.39 is 0 Å². The molecule has 0 heterocycles. The Morgan fingerprint density at radius 3 is 2.50 bits per heavy atom. The molecule has 0 atom stereocenters. The van der Waals surface area contributed by atoms with Crippen LogP contribution in [0.2, 0.25) is 5.02 Å². The molecule has 0 aliphatic heterocycles. The standard InChI is InChI=1S/C3H5.Zn.H/c1-3-2;;/h3H,1-2H2;;/q;+1;-1. The van der Waals surface area contributed by atoms with Crippen LogP contribution in [0.25, 0.3) is 0 Å². The van der Waals surface area contributed by atoms with E-state index in [1.807, 2.05) is 6.08 Å². The summed E-state index contributed by atoms with van der Waals surface area (Å²) in [6, 6.07) is 0. The molecule has 4 heavy (non-hydrogen) atoms. The van der Waals surface area contributed by atoms with E-state index in [0.717, 1.165) is 0 Å². The second-order valence-corrected chi connectivity index (χ2v) is 1.79. The second kappa shape index (κ2) is 3.36. The topological polar surface area (TPSA) is 0 Å². The molecule has 0 aromatic carbocycles. The van der Waals surface area contributed by atoms with Gasteiger partial charge in [-0.25, -0.2) is 0 Å². The van der Waals surface area contributed by atoms with Crippen molar-refractivity contribution in [3.05, 3.63) is 12.7 Å². The molecule has 0 fully saturated rings. The van der Waals surface area contributed by atoms with Crippen molar-refractivity contribution in [2.45, 2.75) is 5.02 Å². The van der Waals surface area contributed by atoms with E-state index in [4.69, 9.17) is 0 Å². The van der Waals surface area contributed by atoms with Crippen LogP contribution in [0, 0.1) is 0 Å². The number of allylic oxidation sites excluding steroid dienone is 1. The molecule has 0 saturated heterocycles. The van der Waals surface area contributed by atoms with Crippen molar-refractivity contribution >= 4 is 0 Å². The molecule has 0 nitrogen and oxygen atoms in total. The Balaban J connectivity index is 0. The van der Waals surface area contributed by atoms with Gasteiger partial charge in [0.05, 0.1) is 0 Å². The number of rotatable bonds is 1. The molecule has 0 unspecified atom stereocenters. The molecule has 0 N–H and O–H groups in total. The maximum Gasteiger partial charge on any atom is -1.00 e. The van der Waals surface area contributed by atoms with Gasteiger partial charge in [0.1, 0.15) is 0 Å². The minimum Gasteiger partial charge on any atom is -1.00 e. The molecule has 0 aromatic heterocycles. The Hall–Kier alpha value is 0.363. The molecular weight excluding hydrogens is 101 g/mol. The summed E-state index contributed by atoms with van der Waals surface area (Å²) in [5.41, 5.74) is 0. The smallest absolute Gasteiger partial charge is 1.00 e. The minimum atomic E-state index is 0. The first-order valence-electron chi connectivity index (χ1n) is 1.32. The zero-order valence-corrected chi connectivity index (χ0v) is 5.67. The first-order valence-corrected chi connectivity index (χ1v) is 3.41. The predicted molar refractivity (Wildman–Crippen MR) is 16.1 cm³/mol. The van der Waals surface area contributed by atoms with E-state index in [0.29, 0.717) is 0 Å². The Kier molecular flexibility index (Phi) is 3.67. The van der Waals surface area contributed by atoms with Gasteiger partial charge in [0, 0.05) is 0 Å². The van der Waals surface area contributed by atoms with Crippen molar-refractivity contribution in [3.8, 4) is 0 Å². The maximum atomic E-state index is 3.51. The van der Waals surface area contributed by atoms with Gasteiger partial charge in [0.25, 0.3) is 0 Å². The molecule has 0 bridgehead atoms. The summed E-state index contributed by atoms with van der Waals surface area (Å²) in [5.74, 6) is 0. The minimum absolute atomic E-state index is 0. The van der Waals surface area contributed by atoms with E-state index in [-0.39, 0.29) is 1.43 Å². The van der Waals surface area contributed by atoms with Crippen molar-refractivity contribution < 1.29 is 19.7 Å². The Morgan fingerprint density at radius 2 is 2.50 bits per heavy atom. The first-order chi connectivity index (χ1) is 1.91. The van der Waals surface area contributed by atoms with Crippen LogP contribution in [0.15, 0.2) is 12.7 Å². The van der Waals surface area contributed by atoms with Gasteiger partial charge in [-0.2, -0.15) is 0 Å². The Labute approximate surface area is 38.1 Å². The fourth-order valence-corrected chi connectivity index (χ4v) is 0. The van der Waals surface area contributed by atoms with Crippen molar-refractivity contribution in [3.63, 3.8) is 0 Å². The summed E-state index contributed by atoms with van der Waals surface area (Å²) in [6.45, 7) is 3.51. The largest absolute Gasteiger partial charge is 1.00 e. The first kappa shape index (κ1) is 4.36. The molecule has 0 radical (unpaired) electrons. The van der Waals surface area contributed by atoms with Gasteiger partial charge in [0.15, 0.2) is 0 Å². The van der Waals surface area contributed by atoms with E-state index in [1.54, 1.807) is 0 Å². The average Bonchev–Trinajstić information content (AvgIpc) is 1.37.